The fourth-order valence-corrected chi connectivity index (χ4v) is 7.77. The molecule has 4 heterocycles. The van der Waals surface area contributed by atoms with E-state index in [4.69, 9.17) is 37.7 Å². The van der Waals surface area contributed by atoms with Gasteiger partial charge in [-0.1, -0.05) is 24.3 Å². The molecule has 28 nitrogen and oxygen atoms in total. The van der Waals surface area contributed by atoms with E-state index in [2.05, 4.69) is 41.6 Å². The Hall–Kier alpha value is -7.11. The van der Waals surface area contributed by atoms with Gasteiger partial charge in [-0.3, -0.25) is 9.59 Å². The van der Waals surface area contributed by atoms with Gasteiger partial charge in [-0.2, -0.15) is 4.80 Å². The molecule has 0 unspecified atom stereocenters. The highest BCUT2D eigenvalue weighted by Gasteiger charge is 2.40. The summed E-state index contributed by atoms with van der Waals surface area (Å²) in [5, 5.41) is 50.9. The molecule has 4 aromatic rings. The lowest BCUT2D eigenvalue weighted by Crippen LogP contribution is -2.53. The quantitative estimate of drug-likeness (QED) is 0.0229. The van der Waals surface area contributed by atoms with Gasteiger partial charge >= 0.3 is 38.1 Å². The number of likely N-dealkylation sites (N-methyl/N-ethyl adjacent to an activating group) is 2. The Balaban J connectivity index is 0.854. The summed E-state index contributed by atoms with van der Waals surface area (Å²) in [5.74, 6) is -5.18. The van der Waals surface area contributed by atoms with E-state index >= 15 is 0 Å². The summed E-state index contributed by atoms with van der Waals surface area (Å²) < 4.78 is 44.7. The minimum Gasteiger partial charge on any atom is -0.534 e. The fraction of sp³-hybridized carbons (Fsp3) is 0.565. The molecule has 0 saturated carbocycles. The zero-order valence-corrected chi connectivity index (χ0v) is 43.8. The van der Waals surface area contributed by atoms with Crippen LogP contribution in [0.3, 0.4) is 0 Å². The number of carbonyl (C=O) groups is 6. The molecule has 0 saturated heterocycles. The minimum absolute atomic E-state index is 0.00239. The van der Waals surface area contributed by atoms with Gasteiger partial charge < -0.3 is 68.2 Å². The number of rotatable bonds is 27. The normalized spacial score (nSPS) is 15.3. The van der Waals surface area contributed by atoms with Gasteiger partial charge in [0.1, 0.15) is 22.6 Å². The number of benzene rings is 2. The van der Waals surface area contributed by atoms with Crippen molar-refractivity contribution < 1.29 is 76.5 Å². The zero-order chi connectivity index (χ0) is 55.2. The van der Waals surface area contributed by atoms with Gasteiger partial charge in [0.05, 0.1) is 37.8 Å². The highest BCUT2D eigenvalue weighted by molar-refractivity contribution is 6.47. The van der Waals surface area contributed by atoms with E-state index in [-0.39, 0.29) is 67.3 Å². The summed E-state index contributed by atoms with van der Waals surface area (Å²) in [5.41, 5.74) is -1.57. The SMILES string of the molecule is CCOC(C)(C)C(=O)OCOC(=O)c1cccc2c1OB(O)[C@@H](NC(=O)Cc1nnn(CCN(C)CCCOC(C)(C)C(=O)OCOC(=O)c3cccc4c3OB(O)[C@@H](NC(=O)Cc3nnnn3CCN(C)C)C4)n1)C2. The third-order valence-corrected chi connectivity index (χ3v) is 11.9. The predicted octanol–water partition coefficient (Wildman–Crippen LogP) is -1.47. The van der Waals surface area contributed by atoms with E-state index in [0.29, 0.717) is 56.1 Å². The van der Waals surface area contributed by atoms with Gasteiger partial charge in [-0.05, 0) is 114 Å². The third kappa shape index (κ3) is 16.2. The number of hydrogen-bond acceptors (Lipinski definition) is 24. The number of ether oxygens (including phenoxy) is 6. The number of carbonyl (C=O) groups excluding carboxylic acids is 6. The second kappa shape index (κ2) is 26.6. The Morgan fingerprint density at radius 1 is 0.724 bits per heavy atom. The van der Waals surface area contributed by atoms with Crippen LogP contribution in [0.2, 0.25) is 0 Å². The molecule has 410 valence electrons. The van der Waals surface area contributed by atoms with Crippen LogP contribution < -0.4 is 19.9 Å². The Labute approximate surface area is 438 Å². The lowest BCUT2D eigenvalue weighted by molar-refractivity contribution is -0.177. The standard InChI is InChI=1S/C46H64B2N12O16/c1-9-73-45(2,3)43(65)71-27-69-41(63)31-15-10-13-29-23-33(47(67)75-39(29)31)49-37(61)25-35-51-55-60(53-35)21-19-58(8)17-12-22-74-46(4,5)44(66)72-28-70-42(64)32-16-11-14-30-24-34(48(68)76-40(30)32)50-38(62)26-36-52-54-56-59(36)20-18-57(6)7/h10-11,13-16,33-34,67-68H,9,12,17-28H2,1-8H3,(H,49,61)(H,50,62)/t33-,34-/m0/s1. The van der Waals surface area contributed by atoms with Crippen molar-refractivity contribution in [1.82, 2.24) is 60.8 Å². The van der Waals surface area contributed by atoms with Crippen LogP contribution >= 0.6 is 0 Å². The van der Waals surface area contributed by atoms with Gasteiger partial charge in [0.15, 0.2) is 22.9 Å². The molecular weight excluding hydrogens is 998 g/mol. The second-order valence-corrected chi connectivity index (χ2v) is 19.1. The molecule has 2 atom stereocenters. The van der Waals surface area contributed by atoms with E-state index in [1.165, 1.54) is 49.3 Å². The van der Waals surface area contributed by atoms with Crippen molar-refractivity contribution >= 4 is 49.9 Å². The molecule has 0 spiro atoms. The Morgan fingerprint density at radius 3 is 1.83 bits per heavy atom. The van der Waals surface area contributed by atoms with E-state index in [9.17, 15) is 38.8 Å². The first-order chi connectivity index (χ1) is 36.1. The molecule has 2 amide bonds. The molecule has 4 N–H and O–H groups in total. The van der Waals surface area contributed by atoms with Crippen LogP contribution in [-0.2, 0) is 86.4 Å². The van der Waals surface area contributed by atoms with Crippen molar-refractivity contribution in [2.24, 2.45) is 0 Å². The van der Waals surface area contributed by atoms with Gasteiger partial charge in [0.2, 0.25) is 25.4 Å². The number of amides is 2. The van der Waals surface area contributed by atoms with Crippen molar-refractivity contribution in [1.29, 1.82) is 0 Å². The van der Waals surface area contributed by atoms with E-state index in [1.807, 2.05) is 30.9 Å². The van der Waals surface area contributed by atoms with Crippen LogP contribution in [0.25, 0.3) is 0 Å². The summed E-state index contributed by atoms with van der Waals surface area (Å²) in [7, 11) is 2.69. The van der Waals surface area contributed by atoms with Crippen molar-refractivity contribution in [3.8, 4) is 11.5 Å². The largest absolute Gasteiger partial charge is 0.547 e. The molecule has 6 rings (SSSR count). The summed E-state index contributed by atoms with van der Waals surface area (Å²) in [6.45, 7) is 9.48. The first-order valence-electron chi connectivity index (χ1n) is 24.5. The smallest absolute Gasteiger partial charge is 0.534 e. The maximum Gasteiger partial charge on any atom is 0.547 e. The molecular formula is C46H64B2N12O16. The van der Waals surface area contributed by atoms with Gasteiger partial charge in [-0.25, -0.2) is 23.9 Å². The van der Waals surface area contributed by atoms with Crippen LogP contribution in [0, 0.1) is 0 Å². The molecule has 2 aromatic carbocycles. The summed E-state index contributed by atoms with van der Waals surface area (Å²) in [4.78, 5) is 82.3. The minimum atomic E-state index is -1.51. The maximum atomic E-state index is 13.1. The van der Waals surface area contributed by atoms with Crippen LogP contribution in [0.5, 0.6) is 11.5 Å². The van der Waals surface area contributed by atoms with Crippen LogP contribution in [0.1, 0.15) is 84.5 Å². The van der Waals surface area contributed by atoms with Crippen molar-refractivity contribution in [3.05, 3.63) is 70.3 Å². The number of tetrazole rings is 2. The van der Waals surface area contributed by atoms with Gasteiger partial charge in [-0.15, -0.1) is 15.3 Å². The number of esters is 4. The van der Waals surface area contributed by atoms with Gasteiger partial charge in [0, 0.05) is 32.8 Å². The van der Waals surface area contributed by atoms with Crippen molar-refractivity contribution in [3.63, 3.8) is 0 Å². The molecule has 2 aliphatic rings. The summed E-state index contributed by atoms with van der Waals surface area (Å²) in [6.07, 6.45) is 0.434. The Morgan fingerprint density at radius 2 is 1.28 bits per heavy atom. The molecule has 0 bridgehead atoms. The first-order valence-corrected chi connectivity index (χ1v) is 24.5. The van der Waals surface area contributed by atoms with Crippen molar-refractivity contribution in [2.75, 3.05) is 67.6 Å². The van der Waals surface area contributed by atoms with Crippen molar-refractivity contribution in [2.45, 2.75) is 103 Å². The monoisotopic (exact) mass is 1060 g/mol. The third-order valence-electron chi connectivity index (χ3n) is 11.9. The number of para-hydroxylation sites is 2. The Bertz CT molecular complexity index is 2670. The molecule has 0 fully saturated rings. The first kappa shape index (κ1) is 58.2. The van der Waals surface area contributed by atoms with E-state index < -0.39 is 86.6 Å². The van der Waals surface area contributed by atoms with E-state index in [0.717, 1.165) is 0 Å². The lowest BCUT2D eigenvalue weighted by atomic mass is 9.72. The molecule has 2 aromatic heterocycles. The zero-order valence-electron chi connectivity index (χ0n) is 43.8. The van der Waals surface area contributed by atoms with E-state index in [1.54, 1.807) is 31.2 Å². The maximum absolute atomic E-state index is 13.1. The fourth-order valence-electron chi connectivity index (χ4n) is 7.77. The molecule has 30 heteroatoms. The number of aromatic nitrogens is 8. The molecule has 2 aliphatic heterocycles. The molecule has 0 radical (unpaired) electrons. The van der Waals surface area contributed by atoms with Crippen LogP contribution in [-0.4, -0.2) is 201 Å². The predicted molar refractivity (Wildman–Crippen MR) is 264 cm³/mol. The summed E-state index contributed by atoms with van der Waals surface area (Å²) in [6, 6.07) is 9.43. The second-order valence-electron chi connectivity index (χ2n) is 19.1. The number of nitrogens with zero attached hydrogens (tertiary/aromatic N) is 10. The average Bonchev–Trinajstić information content (AvgIpc) is 4.03. The summed E-state index contributed by atoms with van der Waals surface area (Å²) >= 11 is 0. The topological polar surface area (TPSA) is 334 Å². The highest BCUT2D eigenvalue weighted by atomic mass is 16.7. The van der Waals surface area contributed by atoms with Gasteiger partial charge in [0.25, 0.3) is 0 Å². The number of fused-ring (bicyclic) bond motifs is 2. The number of nitrogens with one attached hydrogen (secondary N) is 2. The van der Waals surface area contributed by atoms with Crippen LogP contribution in [0.15, 0.2) is 36.4 Å². The average molecular weight is 1060 g/mol. The molecule has 76 heavy (non-hydrogen) atoms. The number of hydrogen-bond donors (Lipinski definition) is 4. The highest BCUT2D eigenvalue weighted by Crippen LogP contribution is 2.32. The lowest BCUT2D eigenvalue weighted by Gasteiger charge is -2.29. The molecule has 0 aliphatic carbocycles. The van der Waals surface area contributed by atoms with Crippen LogP contribution in [0.4, 0.5) is 0 Å². The Kier molecular flexibility index (Phi) is 20.3.